The molecule has 0 unspecified atom stereocenters. The van der Waals surface area contributed by atoms with Gasteiger partial charge in [0.2, 0.25) is 0 Å². The number of rotatable bonds is 5. The molecule has 4 heteroatoms. The van der Waals surface area contributed by atoms with Crippen molar-refractivity contribution >= 4 is 5.91 Å². The SMILES string of the molecule is O=C(NCCCc1ccncc1)c1ccncc1. The molecule has 0 aliphatic carbocycles. The molecule has 0 aliphatic rings. The predicted octanol–water partition coefficient (Wildman–Crippen LogP) is 1.84. The topological polar surface area (TPSA) is 54.9 Å². The fourth-order valence-corrected chi connectivity index (χ4v) is 1.65. The number of aromatic nitrogens is 2. The number of hydrogen-bond donors (Lipinski definition) is 1. The van der Waals surface area contributed by atoms with Crippen LogP contribution in [0.15, 0.2) is 49.1 Å². The third-order valence-corrected chi connectivity index (χ3v) is 2.62. The molecule has 0 saturated carbocycles. The maximum atomic E-state index is 11.7. The molecular formula is C14H15N3O. The van der Waals surface area contributed by atoms with Crippen molar-refractivity contribution in [3.8, 4) is 0 Å². The average Bonchev–Trinajstić information content (AvgIpc) is 2.45. The van der Waals surface area contributed by atoms with E-state index in [9.17, 15) is 4.79 Å². The van der Waals surface area contributed by atoms with Crippen molar-refractivity contribution in [1.29, 1.82) is 0 Å². The van der Waals surface area contributed by atoms with Gasteiger partial charge in [-0.05, 0) is 42.7 Å². The van der Waals surface area contributed by atoms with Crippen LogP contribution in [0.4, 0.5) is 0 Å². The molecule has 0 spiro atoms. The Balaban J connectivity index is 1.72. The molecule has 2 rings (SSSR count). The van der Waals surface area contributed by atoms with E-state index in [1.807, 2.05) is 12.1 Å². The number of amides is 1. The number of hydrogen-bond acceptors (Lipinski definition) is 3. The molecule has 1 N–H and O–H groups in total. The Hall–Kier alpha value is -2.23. The first kappa shape index (κ1) is 12.2. The third-order valence-electron chi connectivity index (χ3n) is 2.62. The molecule has 2 heterocycles. The van der Waals surface area contributed by atoms with E-state index >= 15 is 0 Å². The lowest BCUT2D eigenvalue weighted by molar-refractivity contribution is 0.0953. The Morgan fingerprint density at radius 1 is 1.00 bits per heavy atom. The second kappa shape index (κ2) is 6.49. The van der Waals surface area contributed by atoms with Gasteiger partial charge in [-0.1, -0.05) is 0 Å². The summed E-state index contributed by atoms with van der Waals surface area (Å²) in [6.45, 7) is 0.670. The van der Waals surface area contributed by atoms with Crippen molar-refractivity contribution in [2.24, 2.45) is 0 Å². The summed E-state index contributed by atoms with van der Waals surface area (Å²) in [5.74, 6) is -0.0490. The quantitative estimate of drug-likeness (QED) is 0.813. The third kappa shape index (κ3) is 3.66. The van der Waals surface area contributed by atoms with Crippen molar-refractivity contribution < 1.29 is 4.79 Å². The van der Waals surface area contributed by atoms with Crippen LogP contribution in [0.1, 0.15) is 22.3 Å². The smallest absolute Gasteiger partial charge is 0.251 e. The van der Waals surface area contributed by atoms with Crippen LogP contribution in [0.5, 0.6) is 0 Å². The van der Waals surface area contributed by atoms with Crippen molar-refractivity contribution in [3.05, 3.63) is 60.2 Å². The van der Waals surface area contributed by atoms with E-state index in [0.717, 1.165) is 12.8 Å². The second-order valence-corrected chi connectivity index (χ2v) is 3.95. The summed E-state index contributed by atoms with van der Waals surface area (Å²) in [4.78, 5) is 19.6. The van der Waals surface area contributed by atoms with E-state index in [1.165, 1.54) is 5.56 Å². The van der Waals surface area contributed by atoms with Crippen LogP contribution in [0.3, 0.4) is 0 Å². The second-order valence-electron chi connectivity index (χ2n) is 3.95. The maximum absolute atomic E-state index is 11.7. The van der Waals surface area contributed by atoms with Gasteiger partial charge < -0.3 is 5.32 Å². The fourth-order valence-electron chi connectivity index (χ4n) is 1.65. The Kier molecular flexibility index (Phi) is 4.41. The van der Waals surface area contributed by atoms with Gasteiger partial charge in [-0.25, -0.2) is 0 Å². The van der Waals surface area contributed by atoms with Gasteiger partial charge in [0.15, 0.2) is 0 Å². The standard InChI is InChI=1S/C14H15N3O/c18-14(13-5-10-16-11-6-13)17-7-1-2-12-3-8-15-9-4-12/h3-6,8-11H,1-2,7H2,(H,17,18). The van der Waals surface area contributed by atoms with E-state index < -0.39 is 0 Å². The summed E-state index contributed by atoms with van der Waals surface area (Å²) in [5.41, 5.74) is 1.89. The van der Waals surface area contributed by atoms with Crippen molar-refractivity contribution in [1.82, 2.24) is 15.3 Å². The van der Waals surface area contributed by atoms with Crippen LogP contribution in [-0.2, 0) is 6.42 Å². The average molecular weight is 241 g/mol. The van der Waals surface area contributed by atoms with E-state index in [0.29, 0.717) is 12.1 Å². The van der Waals surface area contributed by atoms with Gasteiger partial charge in [-0.2, -0.15) is 0 Å². The summed E-state index contributed by atoms with van der Waals surface area (Å²) < 4.78 is 0. The van der Waals surface area contributed by atoms with Gasteiger partial charge in [0, 0.05) is 36.9 Å². The Morgan fingerprint density at radius 3 is 2.28 bits per heavy atom. The number of nitrogens with zero attached hydrogens (tertiary/aromatic N) is 2. The molecule has 92 valence electrons. The largest absolute Gasteiger partial charge is 0.352 e. The molecule has 0 fully saturated rings. The summed E-state index contributed by atoms with van der Waals surface area (Å²) in [6.07, 6.45) is 8.66. The van der Waals surface area contributed by atoms with Crippen LogP contribution in [0, 0.1) is 0 Å². The molecule has 18 heavy (non-hydrogen) atoms. The highest BCUT2D eigenvalue weighted by molar-refractivity contribution is 5.93. The van der Waals surface area contributed by atoms with Gasteiger partial charge in [0.1, 0.15) is 0 Å². The fraction of sp³-hybridized carbons (Fsp3) is 0.214. The molecular weight excluding hydrogens is 226 g/mol. The number of carbonyl (C=O) groups excluding carboxylic acids is 1. The highest BCUT2D eigenvalue weighted by atomic mass is 16.1. The molecule has 2 aromatic heterocycles. The van der Waals surface area contributed by atoms with Crippen LogP contribution in [-0.4, -0.2) is 22.4 Å². The monoisotopic (exact) mass is 241 g/mol. The Morgan fingerprint density at radius 2 is 1.61 bits per heavy atom. The van der Waals surface area contributed by atoms with Crippen molar-refractivity contribution in [2.75, 3.05) is 6.54 Å². The van der Waals surface area contributed by atoms with Gasteiger partial charge >= 0.3 is 0 Å². The molecule has 0 saturated heterocycles. The zero-order valence-electron chi connectivity index (χ0n) is 10.0. The Bertz CT molecular complexity index is 485. The first-order valence-corrected chi connectivity index (χ1v) is 5.93. The summed E-state index contributed by atoms with van der Waals surface area (Å²) in [7, 11) is 0. The minimum absolute atomic E-state index is 0.0490. The van der Waals surface area contributed by atoms with Crippen molar-refractivity contribution in [2.45, 2.75) is 12.8 Å². The number of pyridine rings is 2. The van der Waals surface area contributed by atoms with Crippen LogP contribution >= 0.6 is 0 Å². The van der Waals surface area contributed by atoms with Crippen molar-refractivity contribution in [3.63, 3.8) is 0 Å². The van der Waals surface area contributed by atoms with Gasteiger partial charge in [-0.15, -0.1) is 0 Å². The zero-order chi connectivity index (χ0) is 12.6. The van der Waals surface area contributed by atoms with E-state index in [-0.39, 0.29) is 5.91 Å². The number of carbonyl (C=O) groups is 1. The zero-order valence-corrected chi connectivity index (χ0v) is 10.0. The molecule has 4 nitrogen and oxygen atoms in total. The normalized spacial score (nSPS) is 10.0. The van der Waals surface area contributed by atoms with Gasteiger partial charge in [0.25, 0.3) is 5.91 Å². The highest BCUT2D eigenvalue weighted by Gasteiger charge is 2.02. The van der Waals surface area contributed by atoms with Gasteiger partial charge in [0.05, 0.1) is 0 Å². The maximum Gasteiger partial charge on any atom is 0.251 e. The first-order valence-electron chi connectivity index (χ1n) is 5.93. The summed E-state index contributed by atoms with van der Waals surface area (Å²) >= 11 is 0. The van der Waals surface area contributed by atoms with Gasteiger partial charge in [-0.3, -0.25) is 14.8 Å². The minimum Gasteiger partial charge on any atom is -0.352 e. The molecule has 0 aromatic carbocycles. The number of nitrogens with one attached hydrogen (secondary N) is 1. The molecule has 0 atom stereocenters. The summed E-state index contributed by atoms with van der Waals surface area (Å²) in [6, 6.07) is 7.39. The molecule has 1 amide bonds. The van der Waals surface area contributed by atoms with E-state index in [1.54, 1.807) is 36.9 Å². The number of aryl methyl sites for hydroxylation is 1. The first-order chi connectivity index (χ1) is 8.86. The lowest BCUT2D eigenvalue weighted by Crippen LogP contribution is -2.24. The van der Waals surface area contributed by atoms with Crippen LogP contribution in [0.25, 0.3) is 0 Å². The molecule has 0 bridgehead atoms. The molecule has 0 aliphatic heterocycles. The van der Waals surface area contributed by atoms with E-state index in [4.69, 9.17) is 0 Å². The molecule has 2 aromatic rings. The lowest BCUT2D eigenvalue weighted by Gasteiger charge is -2.05. The van der Waals surface area contributed by atoms with E-state index in [2.05, 4.69) is 15.3 Å². The van der Waals surface area contributed by atoms with Crippen LogP contribution < -0.4 is 5.32 Å². The predicted molar refractivity (Wildman–Crippen MR) is 69.1 cm³/mol. The highest BCUT2D eigenvalue weighted by Crippen LogP contribution is 2.00. The van der Waals surface area contributed by atoms with Crippen LogP contribution in [0.2, 0.25) is 0 Å². The minimum atomic E-state index is -0.0490. The summed E-state index contributed by atoms with van der Waals surface area (Å²) in [5, 5.41) is 2.89. The lowest BCUT2D eigenvalue weighted by atomic mass is 10.1. The molecule has 0 radical (unpaired) electrons. The Labute approximate surface area is 106 Å².